The highest BCUT2D eigenvalue weighted by molar-refractivity contribution is 5.61. The molecular weight excluding hydrogens is 324 g/mol. The molecule has 0 spiro atoms. The fourth-order valence-electron chi connectivity index (χ4n) is 3.03. The summed E-state index contributed by atoms with van der Waals surface area (Å²) in [7, 11) is 1.92. The first-order chi connectivity index (χ1) is 12.3. The minimum absolute atomic E-state index is 0.0916. The second-order valence-electron chi connectivity index (χ2n) is 7.82. The molecule has 0 aliphatic rings. The highest BCUT2D eigenvalue weighted by Gasteiger charge is 2.21. The Morgan fingerprint density at radius 2 is 2.00 bits per heavy atom. The smallest absolute Gasteiger partial charge is 0.223 e. The van der Waals surface area contributed by atoms with E-state index in [0.29, 0.717) is 5.95 Å². The third-order valence-corrected chi connectivity index (χ3v) is 4.15. The Bertz CT molecular complexity index is 864. The van der Waals surface area contributed by atoms with Crippen LogP contribution in [0.2, 0.25) is 0 Å². The van der Waals surface area contributed by atoms with Crippen molar-refractivity contribution in [1.29, 1.82) is 0 Å². The lowest BCUT2D eigenvalue weighted by molar-refractivity contribution is 0.351. The molecule has 1 atom stereocenters. The van der Waals surface area contributed by atoms with E-state index in [1.54, 1.807) is 17.1 Å². The molecule has 0 bridgehead atoms. The van der Waals surface area contributed by atoms with Gasteiger partial charge in [-0.25, -0.2) is 9.97 Å². The summed E-state index contributed by atoms with van der Waals surface area (Å²) in [6.07, 6.45) is 8.40. The molecule has 0 fully saturated rings. The van der Waals surface area contributed by atoms with Crippen LogP contribution in [0, 0.1) is 12.3 Å². The standard InChI is InChI=1S/C20H26N6/c1-14-16(13-26(5)25-14)17-8-10-22-19(23-17)24-18(11-20(2,3)4)15-7-6-9-21-12-15/h6-10,12-13,18H,11H2,1-5H3,(H,22,23,24)/t18-/m0/s1. The van der Waals surface area contributed by atoms with Gasteiger partial charge in [-0.15, -0.1) is 0 Å². The number of anilines is 1. The Labute approximate surface area is 154 Å². The normalized spacial score (nSPS) is 12.8. The average Bonchev–Trinajstić information content (AvgIpc) is 2.92. The minimum Gasteiger partial charge on any atom is -0.347 e. The Morgan fingerprint density at radius 3 is 2.62 bits per heavy atom. The maximum Gasteiger partial charge on any atom is 0.223 e. The molecule has 136 valence electrons. The maximum absolute atomic E-state index is 4.72. The van der Waals surface area contributed by atoms with E-state index in [1.807, 2.05) is 38.5 Å². The van der Waals surface area contributed by atoms with E-state index < -0.39 is 0 Å². The SMILES string of the molecule is Cc1nn(C)cc1-c1ccnc(N[C@@H](CC(C)(C)C)c2cccnc2)n1. The highest BCUT2D eigenvalue weighted by Crippen LogP contribution is 2.31. The summed E-state index contributed by atoms with van der Waals surface area (Å²) in [4.78, 5) is 13.4. The largest absolute Gasteiger partial charge is 0.347 e. The van der Waals surface area contributed by atoms with E-state index in [9.17, 15) is 0 Å². The van der Waals surface area contributed by atoms with Crippen LogP contribution in [-0.4, -0.2) is 24.7 Å². The molecule has 3 aromatic rings. The number of hydrogen-bond donors (Lipinski definition) is 1. The van der Waals surface area contributed by atoms with Gasteiger partial charge in [-0.2, -0.15) is 5.10 Å². The van der Waals surface area contributed by atoms with E-state index in [-0.39, 0.29) is 11.5 Å². The summed E-state index contributed by atoms with van der Waals surface area (Å²) in [5, 5.41) is 7.90. The van der Waals surface area contributed by atoms with Crippen molar-refractivity contribution < 1.29 is 0 Å². The molecule has 0 radical (unpaired) electrons. The zero-order chi connectivity index (χ0) is 18.7. The first-order valence-electron chi connectivity index (χ1n) is 8.82. The van der Waals surface area contributed by atoms with Gasteiger partial charge in [0.05, 0.1) is 17.4 Å². The highest BCUT2D eigenvalue weighted by atomic mass is 15.3. The van der Waals surface area contributed by atoms with Gasteiger partial charge in [-0.1, -0.05) is 26.8 Å². The molecule has 3 heterocycles. The van der Waals surface area contributed by atoms with Gasteiger partial charge in [0.15, 0.2) is 0 Å². The Balaban J connectivity index is 1.89. The monoisotopic (exact) mass is 350 g/mol. The number of rotatable bonds is 5. The van der Waals surface area contributed by atoms with Gasteiger partial charge in [0.25, 0.3) is 0 Å². The molecule has 0 aliphatic carbocycles. The molecule has 0 aliphatic heterocycles. The lowest BCUT2D eigenvalue weighted by atomic mass is 9.86. The van der Waals surface area contributed by atoms with Crippen LogP contribution in [0.5, 0.6) is 0 Å². The number of hydrogen-bond acceptors (Lipinski definition) is 5. The Morgan fingerprint density at radius 1 is 1.19 bits per heavy atom. The molecule has 3 rings (SSSR count). The van der Waals surface area contributed by atoms with Crippen LogP contribution in [0.1, 0.15) is 44.5 Å². The quantitative estimate of drug-likeness (QED) is 0.748. The lowest BCUT2D eigenvalue weighted by Crippen LogP contribution is -2.20. The van der Waals surface area contributed by atoms with Crippen molar-refractivity contribution in [1.82, 2.24) is 24.7 Å². The summed E-state index contributed by atoms with van der Waals surface area (Å²) in [6.45, 7) is 8.68. The molecule has 0 amide bonds. The number of nitrogens with zero attached hydrogens (tertiary/aromatic N) is 5. The van der Waals surface area contributed by atoms with E-state index in [2.05, 4.69) is 47.2 Å². The first kappa shape index (κ1) is 18.0. The van der Waals surface area contributed by atoms with Gasteiger partial charge in [0.1, 0.15) is 0 Å². The summed E-state index contributed by atoms with van der Waals surface area (Å²) in [5.74, 6) is 0.615. The number of nitrogens with one attached hydrogen (secondary N) is 1. The van der Waals surface area contributed by atoms with Crippen molar-refractivity contribution in [3.63, 3.8) is 0 Å². The third-order valence-electron chi connectivity index (χ3n) is 4.15. The second-order valence-corrected chi connectivity index (χ2v) is 7.82. The predicted octanol–water partition coefficient (Wildman–Crippen LogP) is 4.17. The second kappa shape index (κ2) is 7.23. The van der Waals surface area contributed by atoms with Crippen LogP contribution in [0.25, 0.3) is 11.3 Å². The summed E-state index contributed by atoms with van der Waals surface area (Å²) < 4.78 is 1.80. The Hall–Kier alpha value is -2.76. The van der Waals surface area contributed by atoms with E-state index in [1.165, 1.54) is 0 Å². The van der Waals surface area contributed by atoms with Crippen molar-refractivity contribution >= 4 is 5.95 Å². The van der Waals surface area contributed by atoms with Crippen molar-refractivity contribution in [3.8, 4) is 11.3 Å². The lowest BCUT2D eigenvalue weighted by Gasteiger charge is -2.27. The van der Waals surface area contributed by atoms with E-state index in [0.717, 1.165) is 28.9 Å². The molecule has 6 heteroatoms. The molecule has 26 heavy (non-hydrogen) atoms. The van der Waals surface area contributed by atoms with Crippen molar-refractivity contribution in [2.45, 2.75) is 40.2 Å². The van der Waals surface area contributed by atoms with Crippen LogP contribution in [0.15, 0.2) is 43.0 Å². The third kappa shape index (κ3) is 4.45. The topological polar surface area (TPSA) is 68.5 Å². The summed E-state index contributed by atoms with van der Waals surface area (Å²) in [5.41, 5.74) is 4.13. The van der Waals surface area contributed by atoms with Crippen molar-refractivity contribution in [2.75, 3.05) is 5.32 Å². The van der Waals surface area contributed by atoms with Crippen molar-refractivity contribution in [2.24, 2.45) is 12.5 Å². The summed E-state index contributed by atoms with van der Waals surface area (Å²) in [6, 6.07) is 6.06. The molecule has 0 saturated carbocycles. The number of aryl methyl sites for hydroxylation is 2. The van der Waals surface area contributed by atoms with Gasteiger partial charge in [0, 0.05) is 37.4 Å². The summed E-state index contributed by atoms with van der Waals surface area (Å²) >= 11 is 0. The molecule has 0 aromatic carbocycles. The van der Waals surface area contributed by atoms with Crippen LogP contribution in [-0.2, 0) is 7.05 Å². The first-order valence-corrected chi connectivity index (χ1v) is 8.82. The van der Waals surface area contributed by atoms with Crippen LogP contribution in [0.4, 0.5) is 5.95 Å². The van der Waals surface area contributed by atoms with E-state index in [4.69, 9.17) is 4.98 Å². The zero-order valence-electron chi connectivity index (χ0n) is 16.1. The van der Waals surface area contributed by atoms with Crippen molar-refractivity contribution in [3.05, 3.63) is 54.2 Å². The molecular formula is C20H26N6. The zero-order valence-corrected chi connectivity index (χ0v) is 16.1. The molecule has 1 N–H and O–H groups in total. The van der Waals surface area contributed by atoms with Crippen LogP contribution >= 0.6 is 0 Å². The maximum atomic E-state index is 4.72. The van der Waals surface area contributed by atoms with Gasteiger partial charge in [-0.3, -0.25) is 9.67 Å². The predicted molar refractivity (Wildman–Crippen MR) is 104 cm³/mol. The fourth-order valence-corrected chi connectivity index (χ4v) is 3.03. The molecule has 3 aromatic heterocycles. The van der Waals surface area contributed by atoms with Gasteiger partial charge >= 0.3 is 0 Å². The van der Waals surface area contributed by atoms with Gasteiger partial charge < -0.3 is 5.32 Å². The molecule has 0 saturated heterocycles. The minimum atomic E-state index is 0.0916. The van der Waals surface area contributed by atoms with Gasteiger partial charge in [-0.05, 0) is 36.5 Å². The Kier molecular flexibility index (Phi) is 5.02. The van der Waals surface area contributed by atoms with Crippen LogP contribution < -0.4 is 5.32 Å². The fraction of sp³-hybridized carbons (Fsp3) is 0.400. The number of pyridine rings is 1. The molecule has 0 unspecified atom stereocenters. The molecule has 6 nitrogen and oxygen atoms in total. The van der Waals surface area contributed by atoms with E-state index >= 15 is 0 Å². The van der Waals surface area contributed by atoms with Gasteiger partial charge in [0.2, 0.25) is 5.95 Å². The number of aromatic nitrogens is 5. The average molecular weight is 350 g/mol. The van der Waals surface area contributed by atoms with Crippen LogP contribution in [0.3, 0.4) is 0 Å².